The normalized spacial score (nSPS) is 10.8. The highest BCUT2D eigenvalue weighted by Gasteiger charge is 2.12. The SMILES string of the molecule is Cc1cccc(C=Cc2ccc(O)c([N+](=O)[O-])c2)n1. The lowest BCUT2D eigenvalue weighted by Gasteiger charge is -1.98. The van der Waals surface area contributed by atoms with Gasteiger partial charge in [-0.2, -0.15) is 0 Å². The van der Waals surface area contributed by atoms with Crippen molar-refractivity contribution < 1.29 is 10.0 Å². The Morgan fingerprint density at radius 2 is 2.05 bits per heavy atom. The summed E-state index contributed by atoms with van der Waals surface area (Å²) in [4.78, 5) is 14.4. The van der Waals surface area contributed by atoms with Crippen molar-refractivity contribution in [3.8, 4) is 5.75 Å². The number of phenolic OH excluding ortho intramolecular Hbond substituents is 1. The van der Waals surface area contributed by atoms with Crippen LogP contribution in [0.4, 0.5) is 5.69 Å². The van der Waals surface area contributed by atoms with E-state index in [2.05, 4.69) is 4.98 Å². The van der Waals surface area contributed by atoms with Crippen LogP contribution in [0.5, 0.6) is 5.75 Å². The summed E-state index contributed by atoms with van der Waals surface area (Å²) in [6.07, 6.45) is 3.48. The van der Waals surface area contributed by atoms with Crippen LogP contribution in [0.15, 0.2) is 36.4 Å². The molecule has 0 amide bonds. The molecule has 0 spiro atoms. The van der Waals surface area contributed by atoms with Crippen molar-refractivity contribution in [1.82, 2.24) is 4.98 Å². The molecule has 0 aliphatic carbocycles. The van der Waals surface area contributed by atoms with E-state index in [-0.39, 0.29) is 11.4 Å². The molecule has 2 aromatic rings. The van der Waals surface area contributed by atoms with Crippen molar-refractivity contribution in [3.05, 3.63) is 63.5 Å². The molecule has 0 radical (unpaired) electrons. The van der Waals surface area contributed by atoms with Crippen LogP contribution < -0.4 is 0 Å². The largest absolute Gasteiger partial charge is 0.502 e. The highest BCUT2D eigenvalue weighted by atomic mass is 16.6. The van der Waals surface area contributed by atoms with Gasteiger partial charge in [0, 0.05) is 11.8 Å². The first-order valence-corrected chi connectivity index (χ1v) is 5.65. The molecule has 0 aliphatic rings. The van der Waals surface area contributed by atoms with Crippen LogP contribution in [-0.4, -0.2) is 15.0 Å². The Balaban J connectivity index is 2.29. The fourth-order valence-electron chi connectivity index (χ4n) is 1.63. The number of hydrogen-bond donors (Lipinski definition) is 1. The minimum atomic E-state index is -0.614. The average Bonchev–Trinajstić information content (AvgIpc) is 2.37. The molecule has 0 atom stereocenters. The molecule has 1 aromatic carbocycles. The summed E-state index contributed by atoms with van der Waals surface area (Å²) in [5.74, 6) is -0.337. The maximum atomic E-state index is 10.7. The third-order valence-electron chi connectivity index (χ3n) is 2.55. The minimum absolute atomic E-state index is 0.306. The number of hydrogen-bond acceptors (Lipinski definition) is 4. The number of aromatic nitrogens is 1. The summed E-state index contributed by atoms with van der Waals surface area (Å²) in [7, 11) is 0. The molecule has 0 saturated carbocycles. The molecule has 0 saturated heterocycles. The molecular formula is C14H12N2O3. The molecule has 96 valence electrons. The predicted octanol–water partition coefficient (Wildman–Crippen LogP) is 3.17. The van der Waals surface area contributed by atoms with Gasteiger partial charge in [0.05, 0.1) is 10.6 Å². The highest BCUT2D eigenvalue weighted by molar-refractivity contribution is 5.70. The lowest BCUT2D eigenvalue weighted by atomic mass is 10.1. The second kappa shape index (κ2) is 5.30. The van der Waals surface area contributed by atoms with E-state index in [4.69, 9.17) is 0 Å². The lowest BCUT2D eigenvalue weighted by molar-refractivity contribution is -0.385. The zero-order valence-corrected chi connectivity index (χ0v) is 10.3. The number of pyridine rings is 1. The zero-order chi connectivity index (χ0) is 13.8. The summed E-state index contributed by atoms with van der Waals surface area (Å²) in [5.41, 5.74) is 2.00. The number of nitro groups is 1. The van der Waals surface area contributed by atoms with E-state index < -0.39 is 4.92 Å². The van der Waals surface area contributed by atoms with Gasteiger partial charge in [0.25, 0.3) is 0 Å². The smallest absolute Gasteiger partial charge is 0.311 e. The van der Waals surface area contributed by atoms with Gasteiger partial charge in [-0.1, -0.05) is 18.2 Å². The van der Waals surface area contributed by atoms with Crippen molar-refractivity contribution in [3.63, 3.8) is 0 Å². The number of aromatic hydroxyl groups is 1. The van der Waals surface area contributed by atoms with Gasteiger partial charge in [-0.3, -0.25) is 15.1 Å². The molecule has 1 aromatic heterocycles. The van der Waals surface area contributed by atoms with Crippen molar-refractivity contribution >= 4 is 17.8 Å². The van der Waals surface area contributed by atoms with Gasteiger partial charge in [0.2, 0.25) is 0 Å². The number of phenols is 1. The summed E-state index contributed by atoms with van der Waals surface area (Å²) >= 11 is 0. The van der Waals surface area contributed by atoms with E-state index in [1.165, 1.54) is 12.1 Å². The monoisotopic (exact) mass is 256 g/mol. The first-order chi connectivity index (χ1) is 9.06. The Morgan fingerprint density at radius 1 is 1.26 bits per heavy atom. The van der Waals surface area contributed by atoms with Crippen LogP contribution in [-0.2, 0) is 0 Å². The fourth-order valence-corrected chi connectivity index (χ4v) is 1.63. The maximum absolute atomic E-state index is 10.7. The van der Waals surface area contributed by atoms with E-state index in [1.807, 2.05) is 25.1 Å². The topological polar surface area (TPSA) is 76.3 Å². The number of rotatable bonds is 3. The van der Waals surface area contributed by atoms with Gasteiger partial charge in [-0.15, -0.1) is 0 Å². The fraction of sp³-hybridized carbons (Fsp3) is 0.0714. The molecule has 1 N–H and O–H groups in total. The molecule has 1 heterocycles. The van der Waals surface area contributed by atoms with Crippen LogP contribution in [0, 0.1) is 17.0 Å². The van der Waals surface area contributed by atoms with E-state index in [0.29, 0.717) is 5.56 Å². The van der Waals surface area contributed by atoms with Gasteiger partial charge >= 0.3 is 5.69 Å². The maximum Gasteiger partial charge on any atom is 0.311 e. The van der Waals surface area contributed by atoms with Gasteiger partial charge in [0.15, 0.2) is 5.75 Å². The Kier molecular flexibility index (Phi) is 3.56. The van der Waals surface area contributed by atoms with Crippen LogP contribution in [0.2, 0.25) is 0 Å². The quantitative estimate of drug-likeness (QED) is 0.676. The second-order valence-electron chi connectivity index (χ2n) is 4.04. The van der Waals surface area contributed by atoms with Gasteiger partial charge < -0.3 is 5.11 Å². The number of nitro benzene ring substituents is 1. The van der Waals surface area contributed by atoms with E-state index >= 15 is 0 Å². The van der Waals surface area contributed by atoms with Crippen LogP contribution in [0.25, 0.3) is 12.2 Å². The number of nitrogens with zero attached hydrogens (tertiary/aromatic N) is 2. The molecule has 19 heavy (non-hydrogen) atoms. The van der Waals surface area contributed by atoms with Crippen LogP contribution >= 0.6 is 0 Å². The summed E-state index contributed by atoms with van der Waals surface area (Å²) in [5, 5.41) is 20.1. The van der Waals surface area contributed by atoms with Crippen LogP contribution in [0.1, 0.15) is 17.0 Å². The molecule has 5 nitrogen and oxygen atoms in total. The Morgan fingerprint density at radius 3 is 2.74 bits per heavy atom. The second-order valence-corrected chi connectivity index (χ2v) is 4.04. The van der Waals surface area contributed by atoms with Crippen molar-refractivity contribution in [1.29, 1.82) is 0 Å². The van der Waals surface area contributed by atoms with Crippen molar-refractivity contribution in [2.75, 3.05) is 0 Å². The third-order valence-corrected chi connectivity index (χ3v) is 2.55. The first kappa shape index (κ1) is 12.8. The van der Waals surface area contributed by atoms with Crippen molar-refractivity contribution in [2.45, 2.75) is 6.92 Å². The molecule has 5 heteroatoms. The summed E-state index contributed by atoms with van der Waals surface area (Å²) in [6.45, 7) is 1.89. The summed E-state index contributed by atoms with van der Waals surface area (Å²) < 4.78 is 0. The van der Waals surface area contributed by atoms with Gasteiger partial charge in [0.1, 0.15) is 0 Å². The molecule has 0 unspecified atom stereocenters. The number of benzene rings is 1. The lowest BCUT2D eigenvalue weighted by Crippen LogP contribution is -1.89. The van der Waals surface area contributed by atoms with Gasteiger partial charge in [-0.25, -0.2) is 0 Å². The summed E-state index contributed by atoms with van der Waals surface area (Å²) in [6, 6.07) is 9.86. The Hall–Kier alpha value is -2.69. The third kappa shape index (κ3) is 3.16. The number of aryl methyl sites for hydroxylation is 1. The molecule has 0 aliphatic heterocycles. The van der Waals surface area contributed by atoms with E-state index in [1.54, 1.807) is 18.2 Å². The minimum Gasteiger partial charge on any atom is -0.502 e. The van der Waals surface area contributed by atoms with E-state index in [0.717, 1.165) is 11.4 Å². The van der Waals surface area contributed by atoms with Crippen molar-refractivity contribution in [2.24, 2.45) is 0 Å². The van der Waals surface area contributed by atoms with Gasteiger partial charge in [-0.05, 0) is 36.8 Å². The average molecular weight is 256 g/mol. The highest BCUT2D eigenvalue weighted by Crippen LogP contribution is 2.26. The Labute approximate surface area is 110 Å². The standard InChI is InChI=1S/C14H12N2O3/c1-10-3-2-4-12(15-10)7-5-11-6-8-14(17)13(9-11)16(18)19/h2-9,17H,1H3. The van der Waals surface area contributed by atoms with E-state index in [9.17, 15) is 15.2 Å². The zero-order valence-electron chi connectivity index (χ0n) is 10.3. The molecular weight excluding hydrogens is 244 g/mol. The molecule has 0 fully saturated rings. The van der Waals surface area contributed by atoms with Crippen LogP contribution in [0.3, 0.4) is 0 Å². The first-order valence-electron chi connectivity index (χ1n) is 5.65. The predicted molar refractivity (Wildman–Crippen MR) is 72.7 cm³/mol. The molecule has 2 rings (SSSR count). The molecule has 0 bridgehead atoms. The Bertz CT molecular complexity index is 651.